The number of amides is 1. The first-order valence-electron chi connectivity index (χ1n) is 6.49. The van der Waals surface area contributed by atoms with E-state index in [9.17, 15) is 22.4 Å². The summed E-state index contributed by atoms with van der Waals surface area (Å²) in [7, 11) is 0. The number of hydrogen-bond acceptors (Lipinski definition) is 3. The Hall–Kier alpha value is -1.38. The lowest BCUT2D eigenvalue weighted by molar-refractivity contribution is -0.192. The molecule has 0 aliphatic carbocycles. The predicted molar refractivity (Wildman–Crippen MR) is 67.2 cm³/mol. The predicted octanol–water partition coefficient (Wildman–Crippen LogP) is 1.56. The summed E-state index contributed by atoms with van der Waals surface area (Å²) in [5.41, 5.74) is 5.78. The number of carboxylic acid groups (broad SMARTS) is 1. The molecule has 124 valence electrons. The van der Waals surface area contributed by atoms with Gasteiger partial charge in [0.15, 0.2) is 0 Å². The highest BCUT2D eigenvalue weighted by Crippen LogP contribution is 2.16. The smallest absolute Gasteiger partial charge is 0.475 e. The molecule has 1 aliphatic heterocycles. The van der Waals surface area contributed by atoms with Crippen LogP contribution in [-0.2, 0) is 9.59 Å². The van der Waals surface area contributed by atoms with Crippen molar-refractivity contribution in [3.63, 3.8) is 0 Å². The second kappa shape index (κ2) is 8.16. The van der Waals surface area contributed by atoms with Crippen molar-refractivity contribution in [2.45, 2.75) is 45.1 Å². The number of carboxylic acids is 1. The van der Waals surface area contributed by atoms with Crippen molar-refractivity contribution in [2.75, 3.05) is 13.1 Å². The first kappa shape index (κ1) is 19.6. The van der Waals surface area contributed by atoms with Gasteiger partial charge in [0.25, 0.3) is 0 Å². The number of rotatable bonds is 3. The number of hydrogen-bond donors (Lipinski definition) is 2. The van der Waals surface area contributed by atoms with Crippen molar-refractivity contribution < 1.29 is 32.3 Å². The Kier molecular flexibility index (Phi) is 7.62. The molecule has 5 nitrogen and oxygen atoms in total. The van der Waals surface area contributed by atoms with Crippen LogP contribution in [-0.4, -0.2) is 53.4 Å². The minimum Gasteiger partial charge on any atom is -0.475 e. The number of nitrogens with zero attached hydrogens (tertiary/aromatic N) is 1. The first-order chi connectivity index (χ1) is 9.50. The van der Waals surface area contributed by atoms with Crippen LogP contribution in [0.5, 0.6) is 0 Å². The van der Waals surface area contributed by atoms with Crippen LogP contribution >= 0.6 is 0 Å². The normalized spacial score (nSPS) is 21.3. The second-order valence-corrected chi connectivity index (χ2v) is 4.88. The van der Waals surface area contributed by atoms with Crippen molar-refractivity contribution in [3.8, 4) is 0 Å². The molecule has 9 heteroatoms. The van der Waals surface area contributed by atoms with Crippen molar-refractivity contribution in [1.82, 2.24) is 4.90 Å². The number of likely N-dealkylation sites (tertiary alicyclic amines) is 1. The summed E-state index contributed by atoms with van der Waals surface area (Å²) in [5, 5.41) is 7.12. The summed E-state index contributed by atoms with van der Waals surface area (Å²) in [6.07, 6.45) is -4.61. The topological polar surface area (TPSA) is 83.6 Å². The molecule has 0 radical (unpaired) electrons. The van der Waals surface area contributed by atoms with Crippen LogP contribution in [0.3, 0.4) is 0 Å². The fourth-order valence-electron chi connectivity index (χ4n) is 1.63. The molecular formula is C12H20F4N2O3. The number of alkyl halides is 4. The van der Waals surface area contributed by atoms with Gasteiger partial charge in [0, 0.05) is 6.54 Å². The van der Waals surface area contributed by atoms with Gasteiger partial charge in [-0.05, 0) is 12.3 Å². The lowest BCUT2D eigenvalue weighted by Gasteiger charge is -2.23. The van der Waals surface area contributed by atoms with E-state index < -0.39 is 24.4 Å². The summed E-state index contributed by atoms with van der Waals surface area (Å²) in [6.45, 7) is 4.69. The van der Waals surface area contributed by atoms with Gasteiger partial charge in [0.1, 0.15) is 6.17 Å². The summed E-state index contributed by atoms with van der Waals surface area (Å²) < 4.78 is 44.6. The van der Waals surface area contributed by atoms with Gasteiger partial charge in [-0.3, -0.25) is 4.79 Å². The molecule has 0 spiro atoms. The van der Waals surface area contributed by atoms with E-state index in [0.29, 0.717) is 13.0 Å². The van der Waals surface area contributed by atoms with Crippen molar-refractivity contribution >= 4 is 11.9 Å². The Morgan fingerprint density at radius 2 is 1.90 bits per heavy atom. The number of carbonyl (C=O) groups excluding carboxylic acids is 1. The van der Waals surface area contributed by atoms with Gasteiger partial charge in [-0.1, -0.05) is 20.3 Å². The quantitative estimate of drug-likeness (QED) is 0.774. The van der Waals surface area contributed by atoms with Gasteiger partial charge in [0.05, 0.1) is 12.6 Å². The monoisotopic (exact) mass is 316 g/mol. The average Bonchev–Trinajstić information content (AvgIpc) is 2.82. The highest BCUT2D eigenvalue weighted by Gasteiger charge is 2.38. The van der Waals surface area contributed by atoms with Crippen molar-refractivity contribution in [3.05, 3.63) is 0 Å². The second-order valence-electron chi connectivity index (χ2n) is 4.88. The third kappa shape index (κ3) is 6.74. The van der Waals surface area contributed by atoms with Crippen LogP contribution in [0.1, 0.15) is 26.7 Å². The fourth-order valence-corrected chi connectivity index (χ4v) is 1.63. The molecule has 1 fully saturated rings. The molecule has 0 bridgehead atoms. The van der Waals surface area contributed by atoms with Crippen LogP contribution in [0, 0.1) is 5.92 Å². The average molecular weight is 316 g/mol. The molecule has 1 heterocycles. The highest BCUT2D eigenvalue weighted by atomic mass is 19.4. The zero-order valence-electron chi connectivity index (χ0n) is 11.9. The van der Waals surface area contributed by atoms with E-state index in [1.54, 1.807) is 4.90 Å². The van der Waals surface area contributed by atoms with Gasteiger partial charge < -0.3 is 15.7 Å². The van der Waals surface area contributed by atoms with Crippen LogP contribution in [0.25, 0.3) is 0 Å². The first-order valence-corrected chi connectivity index (χ1v) is 6.49. The molecular weight excluding hydrogens is 296 g/mol. The van der Waals surface area contributed by atoms with Gasteiger partial charge in [-0.15, -0.1) is 0 Å². The maximum atomic E-state index is 12.8. The van der Waals surface area contributed by atoms with Crippen LogP contribution in [0.15, 0.2) is 0 Å². The number of carbonyl (C=O) groups is 2. The molecule has 3 atom stereocenters. The maximum absolute atomic E-state index is 12.8. The van der Waals surface area contributed by atoms with E-state index in [4.69, 9.17) is 15.6 Å². The molecule has 21 heavy (non-hydrogen) atoms. The largest absolute Gasteiger partial charge is 0.490 e. The summed E-state index contributed by atoms with van der Waals surface area (Å²) in [5.74, 6) is -2.69. The number of nitrogens with two attached hydrogens (primary N) is 1. The molecule has 0 saturated carbocycles. The third-order valence-corrected chi connectivity index (χ3v) is 3.23. The van der Waals surface area contributed by atoms with Crippen molar-refractivity contribution in [2.24, 2.45) is 11.7 Å². The summed E-state index contributed by atoms with van der Waals surface area (Å²) >= 11 is 0. The van der Waals surface area contributed by atoms with E-state index in [1.807, 2.05) is 13.8 Å². The summed E-state index contributed by atoms with van der Waals surface area (Å²) in [6, 6.07) is -0.467. The van der Waals surface area contributed by atoms with Gasteiger partial charge >= 0.3 is 12.1 Å². The highest BCUT2D eigenvalue weighted by molar-refractivity contribution is 5.82. The zero-order valence-corrected chi connectivity index (χ0v) is 11.9. The molecule has 0 aromatic rings. The Bertz CT molecular complexity index is 359. The number of halogens is 4. The molecule has 1 aliphatic rings. The molecule has 0 aromatic heterocycles. The van der Waals surface area contributed by atoms with E-state index >= 15 is 0 Å². The molecule has 1 rings (SSSR count). The van der Waals surface area contributed by atoms with Crippen LogP contribution in [0.2, 0.25) is 0 Å². The number of aliphatic carboxylic acids is 1. The van der Waals surface area contributed by atoms with Crippen LogP contribution in [0.4, 0.5) is 17.6 Å². The maximum Gasteiger partial charge on any atom is 0.490 e. The fraction of sp³-hybridized carbons (Fsp3) is 0.833. The van der Waals surface area contributed by atoms with Gasteiger partial charge in [-0.25, -0.2) is 9.18 Å². The molecule has 0 aromatic carbocycles. The van der Waals surface area contributed by atoms with Gasteiger partial charge in [0.2, 0.25) is 5.91 Å². The van der Waals surface area contributed by atoms with E-state index in [2.05, 4.69) is 0 Å². The summed E-state index contributed by atoms with van der Waals surface area (Å²) in [4.78, 5) is 22.2. The molecule has 0 unspecified atom stereocenters. The van der Waals surface area contributed by atoms with Gasteiger partial charge in [-0.2, -0.15) is 13.2 Å². The lowest BCUT2D eigenvalue weighted by atomic mass is 9.99. The molecule has 1 amide bonds. The lowest BCUT2D eigenvalue weighted by Crippen LogP contribution is -2.46. The molecule has 1 saturated heterocycles. The Labute approximate surface area is 120 Å². The van der Waals surface area contributed by atoms with E-state index in [0.717, 1.165) is 6.42 Å². The minimum atomic E-state index is -5.08. The van der Waals surface area contributed by atoms with E-state index in [-0.39, 0.29) is 18.4 Å². The SMILES string of the molecule is CC[C@H](C)[C@H](N)C(=O)N1CC[C@@H](F)C1.O=C(O)C(F)(F)F. The Morgan fingerprint density at radius 1 is 1.43 bits per heavy atom. The zero-order chi connectivity index (χ0) is 16.8. The molecule has 3 N–H and O–H groups in total. The van der Waals surface area contributed by atoms with E-state index in [1.165, 1.54) is 0 Å². The Balaban J connectivity index is 0.000000486. The van der Waals surface area contributed by atoms with Crippen molar-refractivity contribution in [1.29, 1.82) is 0 Å². The third-order valence-electron chi connectivity index (χ3n) is 3.23. The Morgan fingerprint density at radius 3 is 2.19 bits per heavy atom. The minimum absolute atomic E-state index is 0.0977. The standard InChI is InChI=1S/C10H19FN2O.C2HF3O2/c1-3-7(2)9(12)10(14)13-5-4-8(11)6-13;3-2(4,5)1(6)7/h7-9H,3-6,12H2,1-2H3;(H,6,7)/t7-,8+,9-;/m0./s1. The van der Waals surface area contributed by atoms with Crippen LogP contribution < -0.4 is 5.73 Å².